The Bertz CT molecular complexity index is 517. The first-order valence-electron chi connectivity index (χ1n) is 6.79. The SMILES string of the molecule is CC1C2CNCC2CN1C(=O)Nc1cc(Cl)cc(Cl)c1. The smallest absolute Gasteiger partial charge is 0.321 e. The number of nitrogens with zero attached hydrogens (tertiary/aromatic N) is 1. The highest BCUT2D eigenvalue weighted by atomic mass is 35.5. The van der Waals surface area contributed by atoms with Gasteiger partial charge in [0.1, 0.15) is 0 Å². The maximum atomic E-state index is 12.4. The largest absolute Gasteiger partial charge is 0.322 e. The Balaban J connectivity index is 1.70. The van der Waals surface area contributed by atoms with E-state index in [1.54, 1.807) is 18.2 Å². The highest BCUT2D eigenvalue weighted by Crippen LogP contribution is 2.33. The highest BCUT2D eigenvalue weighted by Gasteiger charge is 2.43. The molecule has 2 amide bonds. The van der Waals surface area contributed by atoms with Crippen LogP contribution in [0.2, 0.25) is 10.0 Å². The average Bonchev–Trinajstić information content (AvgIpc) is 2.91. The first kappa shape index (κ1) is 14.0. The third-order valence-electron chi connectivity index (χ3n) is 4.31. The molecular weight excluding hydrogens is 297 g/mol. The standard InChI is InChI=1S/C14H17Cl2N3O/c1-8-13-6-17-5-9(13)7-19(8)14(20)18-12-3-10(15)2-11(16)4-12/h2-4,8-9,13,17H,5-7H2,1H3,(H,18,20). The number of halogens is 2. The van der Waals surface area contributed by atoms with Crippen LogP contribution in [0.5, 0.6) is 0 Å². The van der Waals surface area contributed by atoms with E-state index in [1.807, 2.05) is 4.90 Å². The minimum absolute atomic E-state index is 0.0785. The van der Waals surface area contributed by atoms with Crippen molar-refractivity contribution in [3.8, 4) is 0 Å². The van der Waals surface area contributed by atoms with Crippen LogP contribution in [0.1, 0.15) is 6.92 Å². The number of rotatable bonds is 1. The molecule has 0 aromatic heterocycles. The lowest BCUT2D eigenvalue weighted by Gasteiger charge is -2.24. The number of benzene rings is 1. The van der Waals surface area contributed by atoms with Crippen LogP contribution < -0.4 is 10.6 Å². The number of anilines is 1. The fraction of sp³-hybridized carbons (Fsp3) is 0.500. The third kappa shape index (κ3) is 2.60. The van der Waals surface area contributed by atoms with E-state index in [4.69, 9.17) is 23.2 Å². The molecule has 1 aromatic rings. The second-order valence-electron chi connectivity index (χ2n) is 5.56. The first-order valence-corrected chi connectivity index (χ1v) is 7.54. The van der Waals surface area contributed by atoms with Crippen molar-refractivity contribution >= 4 is 34.9 Å². The zero-order valence-corrected chi connectivity index (χ0v) is 12.7. The number of hydrogen-bond donors (Lipinski definition) is 2. The molecule has 2 aliphatic heterocycles. The Morgan fingerprint density at radius 3 is 2.65 bits per heavy atom. The van der Waals surface area contributed by atoms with E-state index in [9.17, 15) is 4.79 Å². The summed E-state index contributed by atoms with van der Waals surface area (Å²) in [5.41, 5.74) is 0.634. The highest BCUT2D eigenvalue weighted by molar-refractivity contribution is 6.35. The molecule has 108 valence electrons. The molecule has 3 unspecified atom stereocenters. The van der Waals surface area contributed by atoms with Gasteiger partial charge in [-0.3, -0.25) is 0 Å². The lowest BCUT2D eigenvalue weighted by Crippen LogP contribution is -2.40. The predicted octanol–water partition coefficient (Wildman–Crippen LogP) is 3.07. The number of urea groups is 1. The fourth-order valence-corrected chi connectivity index (χ4v) is 3.78. The lowest BCUT2D eigenvalue weighted by molar-refractivity contribution is 0.203. The van der Waals surface area contributed by atoms with Crippen molar-refractivity contribution in [1.82, 2.24) is 10.2 Å². The molecule has 0 bridgehead atoms. The van der Waals surface area contributed by atoms with Crippen molar-refractivity contribution in [2.24, 2.45) is 11.8 Å². The minimum Gasteiger partial charge on any atom is -0.321 e. The molecule has 0 saturated carbocycles. The summed E-state index contributed by atoms with van der Waals surface area (Å²) in [4.78, 5) is 14.3. The Kier molecular flexibility index (Phi) is 3.80. The van der Waals surface area contributed by atoms with Gasteiger partial charge in [0.05, 0.1) is 0 Å². The second-order valence-corrected chi connectivity index (χ2v) is 6.44. The molecule has 0 radical (unpaired) electrons. The zero-order valence-electron chi connectivity index (χ0n) is 11.2. The van der Waals surface area contributed by atoms with Gasteiger partial charge in [0.15, 0.2) is 0 Å². The third-order valence-corrected chi connectivity index (χ3v) is 4.75. The van der Waals surface area contributed by atoms with E-state index >= 15 is 0 Å². The normalized spacial score (nSPS) is 28.6. The van der Waals surface area contributed by atoms with Crippen molar-refractivity contribution in [2.45, 2.75) is 13.0 Å². The Morgan fingerprint density at radius 2 is 2.00 bits per heavy atom. The van der Waals surface area contributed by atoms with E-state index in [0.717, 1.165) is 19.6 Å². The summed E-state index contributed by atoms with van der Waals surface area (Å²) >= 11 is 11.9. The zero-order chi connectivity index (χ0) is 14.3. The topological polar surface area (TPSA) is 44.4 Å². The van der Waals surface area contributed by atoms with E-state index in [-0.39, 0.29) is 12.1 Å². The summed E-state index contributed by atoms with van der Waals surface area (Å²) in [5, 5.41) is 7.30. The molecule has 0 aliphatic carbocycles. The quantitative estimate of drug-likeness (QED) is 0.837. The predicted molar refractivity (Wildman–Crippen MR) is 81.5 cm³/mol. The molecule has 2 saturated heterocycles. The van der Waals surface area contributed by atoms with Gasteiger partial charge in [-0.25, -0.2) is 4.79 Å². The van der Waals surface area contributed by atoms with Crippen molar-refractivity contribution in [1.29, 1.82) is 0 Å². The maximum Gasteiger partial charge on any atom is 0.322 e. The van der Waals surface area contributed by atoms with E-state index in [1.165, 1.54) is 0 Å². The molecule has 3 rings (SSSR count). The molecule has 4 nitrogen and oxygen atoms in total. The van der Waals surface area contributed by atoms with Crippen LogP contribution in [0, 0.1) is 11.8 Å². The van der Waals surface area contributed by atoms with Crippen molar-refractivity contribution in [2.75, 3.05) is 25.0 Å². The van der Waals surface area contributed by atoms with Gasteiger partial charge in [-0.1, -0.05) is 23.2 Å². The van der Waals surface area contributed by atoms with Gasteiger partial charge in [-0.2, -0.15) is 0 Å². The van der Waals surface area contributed by atoms with Gasteiger partial charge >= 0.3 is 6.03 Å². The van der Waals surface area contributed by atoms with E-state index < -0.39 is 0 Å². The lowest BCUT2D eigenvalue weighted by atomic mass is 9.95. The van der Waals surface area contributed by atoms with E-state index in [2.05, 4.69) is 17.6 Å². The molecule has 2 N–H and O–H groups in total. The van der Waals surface area contributed by atoms with Gasteiger partial charge in [-0.15, -0.1) is 0 Å². The molecule has 6 heteroatoms. The Morgan fingerprint density at radius 1 is 1.30 bits per heavy atom. The average molecular weight is 314 g/mol. The number of carbonyl (C=O) groups is 1. The monoisotopic (exact) mass is 313 g/mol. The van der Waals surface area contributed by atoms with Crippen LogP contribution in [0.4, 0.5) is 10.5 Å². The summed E-state index contributed by atoms with van der Waals surface area (Å²) in [7, 11) is 0. The molecular formula is C14H17Cl2N3O. The number of nitrogens with one attached hydrogen (secondary N) is 2. The molecule has 20 heavy (non-hydrogen) atoms. The van der Waals surface area contributed by atoms with Crippen LogP contribution in [0.15, 0.2) is 18.2 Å². The molecule has 0 spiro atoms. The van der Waals surface area contributed by atoms with E-state index in [0.29, 0.717) is 27.6 Å². The van der Waals surface area contributed by atoms with Crippen LogP contribution >= 0.6 is 23.2 Å². The molecule has 1 aromatic carbocycles. The number of carbonyl (C=O) groups excluding carboxylic acids is 1. The summed E-state index contributed by atoms with van der Waals surface area (Å²) in [5.74, 6) is 1.13. The minimum atomic E-state index is -0.0785. The molecule has 3 atom stereocenters. The summed E-state index contributed by atoms with van der Waals surface area (Å²) in [6, 6.07) is 5.23. The maximum absolute atomic E-state index is 12.4. The van der Waals surface area contributed by atoms with Crippen LogP contribution in [-0.2, 0) is 0 Å². The summed E-state index contributed by atoms with van der Waals surface area (Å²) < 4.78 is 0. The Labute approximate surface area is 128 Å². The fourth-order valence-electron chi connectivity index (χ4n) is 3.26. The summed E-state index contributed by atoms with van der Waals surface area (Å²) in [6.45, 7) is 4.92. The summed E-state index contributed by atoms with van der Waals surface area (Å²) in [6.07, 6.45) is 0. The number of likely N-dealkylation sites (tertiary alicyclic amines) is 1. The number of amides is 2. The van der Waals surface area contributed by atoms with Gasteiger partial charge in [0.2, 0.25) is 0 Å². The van der Waals surface area contributed by atoms with Crippen molar-refractivity contribution in [3.63, 3.8) is 0 Å². The second kappa shape index (κ2) is 5.43. The Hall–Kier alpha value is -0.970. The van der Waals surface area contributed by atoms with Crippen LogP contribution in [0.3, 0.4) is 0 Å². The van der Waals surface area contributed by atoms with Crippen molar-refractivity contribution in [3.05, 3.63) is 28.2 Å². The molecule has 2 aliphatic rings. The number of fused-ring (bicyclic) bond motifs is 1. The first-order chi connectivity index (χ1) is 9.54. The van der Waals surface area contributed by atoms with Crippen molar-refractivity contribution < 1.29 is 4.79 Å². The number of hydrogen-bond acceptors (Lipinski definition) is 2. The molecule has 2 heterocycles. The van der Waals surface area contributed by atoms with Gasteiger partial charge in [0.25, 0.3) is 0 Å². The van der Waals surface area contributed by atoms with Crippen LogP contribution in [0.25, 0.3) is 0 Å². The van der Waals surface area contributed by atoms with Crippen LogP contribution in [-0.4, -0.2) is 36.6 Å². The van der Waals surface area contributed by atoms with Gasteiger partial charge in [0, 0.05) is 41.4 Å². The van der Waals surface area contributed by atoms with Gasteiger partial charge < -0.3 is 15.5 Å². The van der Waals surface area contributed by atoms with Gasteiger partial charge in [-0.05, 0) is 37.0 Å². The molecule has 2 fully saturated rings.